The number of fused-ring (bicyclic) bond motifs is 1. The second kappa shape index (κ2) is 10.1. The van der Waals surface area contributed by atoms with E-state index in [4.69, 9.17) is 0 Å². The number of unbranched alkanes of at least 4 members (excludes halogenated alkanes) is 1. The van der Waals surface area contributed by atoms with Crippen molar-refractivity contribution in [2.75, 3.05) is 0 Å². The summed E-state index contributed by atoms with van der Waals surface area (Å²) in [6.07, 6.45) is 6.47. The van der Waals surface area contributed by atoms with Crippen LogP contribution in [0.2, 0.25) is 0 Å². The molecule has 3 atom stereocenters. The van der Waals surface area contributed by atoms with Crippen LogP contribution in [0.1, 0.15) is 71.6 Å². The van der Waals surface area contributed by atoms with Gasteiger partial charge in [0, 0.05) is 11.5 Å². The summed E-state index contributed by atoms with van der Waals surface area (Å²) in [5.74, 6) is 1.08. The third kappa shape index (κ3) is 4.82. The molecule has 1 aliphatic rings. The highest BCUT2D eigenvalue weighted by molar-refractivity contribution is 5.98. The molecule has 0 saturated carbocycles. The van der Waals surface area contributed by atoms with Gasteiger partial charge in [-0.2, -0.15) is 0 Å². The van der Waals surface area contributed by atoms with E-state index in [0.717, 1.165) is 31.2 Å². The van der Waals surface area contributed by atoms with Crippen molar-refractivity contribution in [3.05, 3.63) is 107 Å². The van der Waals surface area contributed by atoms with E-state index in [1.165, 1.54) is 35.1 Å². The fraction of sp³-hybridized carbons (Fsp3) is 0.367. The summed E-state index contributed by atoms with van der Waals surface area (Å²) >= 11 is 0. The summed E-state index contributed by atoms with van der Waals surface area (Å²) in [5, 5.41) is 0. The van der Waals surface area contributed by atoms with Gasteiger partial charge in [-0.15, -0.1) is 0 Å². The number of carbonyl (C=O) groups excluding carboxylic acids is 1. The molecule has 0 heterocycles. The minimum Gasteiger partial charge on any atom is -0.294 e. The van der Waals surface area contributed by atoms with Gasteiger partial charge in [0.25, 0.3) is 0 Å². The van der Waals surface area contributed by atoms with Crippen molar-refractivity contribution in [1.29, 1.82) is 0 Å². The monoisotopic (exact) mass is 410 g/mol. The second-order valence-electron chi connectivity index (χ2n) is 9.06. The maximum Gasteiger partial charge on any atom is 0.166 e. The molecule has 3 aromatic rings. The Morgan fingerprint density at radius 3 is 2.29 bits per heavy atom. The van der Waals surface area contributed by atoms with Crippen molar-refractivity contribution >= 4 is 5.78 Å². The van der Waals surface area contributed by atoms with Crippen LogP contribution in [0.3, 0.4) is 0 Å². The van der Waals surface area contributed by atoms with Gasteiger partial charge in [0.05, 0.1) is 0 Å². The number of hydrogen-bond donors (Lipinski definition) is 0. The van der Waals surface area contributed by atoms with Crippen LogP contribution in [-0.4, -0.2) is 5.78 Å². The first-order chi connectivity index (χ1) is 15.2. The van der Waals surface area contributed by atoms with Gasteiger partial charge in [0.15, 0.2) is 5.78 Å². The molecule has 1 heteroatoms. The number of aryl methyl sites for hydroxylation is 1. The molecule has 0 bridgehead atoms. The van der Waals surface area contributed by atoms with Gasteiger partial charge in [-0.3, -0.25) is 4.79 Å². The maximum absolute atomic E-state index is 13.9. The fourth-order valence-corrected chi connectivity index (χ4v) is 5.33. The van der Waals surface area contributed by atoms with E-state index in [1.54, 1.807) is 0 Å². The van der Waals surface area contributed by atoms with Gasteiger partial charge in [-0.25, -0.2) is 0 Å². The Bertz CT molecular complexity index is 986. The summed E-state index contributed by atoms with van der Waals surface area (Å²) < 4.78 is 0. The Kier molecular flexibility index (Phi) is 7.02. The Morgan fingerprint density at radius 2 is 1.58 bits per heavy atom. The Labute approximate surface area is 187 Å². The summed E-state index contributed by atoms with van der Waals surface area (Å²) in [7, 11) is 0. The molecule has 0 aromatic heterocycles. The molecule has 1 nitrogen and oxygen atoms in total. The van der Waals surface area contributed by atoms with E-state index in [2.05, 4.69) is 92.7 Å². The van der Waals surface area contributed by atoms with Gasteiger partial charge in [-0.05, 0) is 59.8 Å². The highest BCUT2D eigenvalue weighted by Gasteiger charge is 2.40. The van der Waals surface area contributed by atoms with E-state index < -0.39 is 0 Å². The van der Waals surface area contributed by atoms with Crippen molar-refractivity contribution in [1.82, 2.24) is 0 Å². The zero-order valence-corrected chi connectivity index (χ0v) is 18.9. The van der Waals surface area contributed by atoms with Crippen LogP contribution < -0.4 is 0 Å². The SMILES string of the molecule is CCCCc1ccc(C(=O)C(Cc2ccccc2)C2c3ccccc3CC2CC)cc1. The normalized spacial score (nSPS) is 18.5. The van der Waals surface area contributed by atoms with Gasteiger partial charge < -0.3 is 0 Å². The number of carbonyl (C=O) groups is 1. The lowest BCUT2D eigenvalue weighted by Gasteiger charge is -2.29. The molecule has 0 saturated heterocycles. The van der Waals surface area contributed by atoms with E-state index in [9.17, 15) is 4.79 Å². The van der Waals surface area contributed by atoms with E-state index in [1.807, 2.05) is 0 Å². The molecule has 3 aromatic carbocycles. The molecular weight excluding hydrogens is 376 g/mol. The summed E-state index contributed by atoms with van der Waals surface area (Å²) in [5.41, 5.74) is 6.26. The number of ketones is 1. The van der Waals surface area contributed by atoms with Gasteiger partial charge in [0.2, 0.25) is 0 Å². The van der Waals surface area contributed by atoms with Crippen molar-refractivity contribution < 1.29 is 4.79 Å². The van der Waals surface area contributed by atoms with Crippen molar-refractivity contribution in [2.24, 2.45) is 11.8 Å². The largest absolute Gasteiger partial charge is 0.294 e. The van der Waals surface area contributed by atoms with Crippen molar-refractivity contribution in [2.45, 2.75) is 58.3 Å². The van der Waals surface area contributed by atoms with Gasteiger partial charge in [0.1, 0.15) is 0 Å². The van der Waals surface area contributed by atoms with Crippen LogP contribution in [0, 0.1) is 11.8 Å². The van der Waals surface area contributed by atoms with Crippen LogP contribution in [0.5, 0.6) is 0 Å². The van der Waals surface area contributed by atoms with Crippen LogP contribution in [0.25, 0.3) is 0 Å². The predicted octanol–water partition coefficient (Wildman–Crippen LogP) is 7.44. The second-order valence-corrected chi connectivity index (χ2v) is 9.06. The quantitative estimate of drug-likeness (QED) is 0.335. The number of rotatable bonds is 9. The first kappa shape index (κ1) is 21.6. The zero-order valence-electron chi connectivity index (χ0n) is 18.9. The third-order valence-electron chi connectivity index (χ3n) is 7.05. The van der Waals surface area contributed by atoms with Crippen molar-refractivity contribution in [3.8, 4) is 0 Å². The van der Waals surface area contributed by atoms with Crippen LogP contribution >= 0.6 is 0 Å². The lowest BCUT2D eigenvalue weighted by atomic mass is 9.74. The molecule has 0 N–H and O–H groups in total. The molecule has 3 unspecified atom stereocenters. The molecule has 4 rings (SSSR count). The first-order valence-electron chi connectivity index (χ1n) is 12.0. The van der Waals surface area contributed by atoms with Gasteiger partial charge >= 0.3 is 0 Å². The Morgan fingerprint density at radius 1 is 0.871 bits per heavy atom. The molecule has 160 valence electrons. The minimum absolute atomic E-state index is 0.0301. The lowest BCUT2D eigenvalue weighted by molar-refractivity contribution is 0.0881. The smallest absolute Gasteiger partial charge is 0.166 e. The zero-order chi connectivity index (χ0) is 21.6. The Hall–Kier alpha value is -2.67. The van der Waals surface area contributed by atoms with Crippen LogP contribution in [0.15, 0.2) is 78.9 Å². The van der Waals surface area contributed by atoms with Crippen LogP contribution in [0.4, 0.5) is 0 Å². The molecule has 0 fully saturated rings. The Balaban J connectivity index is 1.68. The highest BCUT2D eigenvalue weighted by atomic mass is 16.1. The minimum atomic E-state index is -0.0301. The van der Waals surface area contributed by atoms with Crippen molar-refractivity contribution in [3.63, 3.8) is 0 Å². The van der Waals surface area contributed by atoms with E-state index in [0.29, 0.717) is 11.7 Å². The molecule has 0 spiro atoms. The molecule has 0 aliphatic heterocycles. The summed E-state index contributed by atoms with van der Waals surface area (Å²) in [4.78, 5) is 13.9. The fourth-order valence-electron chi connectivity index (χ4n) is 5.33. The number of benzene rings is 3. The molecule has 1 aliphatic carbocycles. The first-order valence-corrected chi connectivity index (χ1v) is 12.0. The molecule has 31 heavy (non-hydrogen) atoms. The molecular formula is C30H34O. The molecule has 0 radical (unpaired) electrons. The molecule has 0 amide bonds. The van der Waals surface area contributed by atoms with Gasteiger partial charge in [-0.1, -0.05) is 106 Å². The number of Topliss-reactive ketones (excluding diaryl/α,β-unsaturated/α-hetero) is 1. The van der Waals surface area contributed by atoms with E-state index in [-0.39, 0.29) is 11.8 Å². The lowest BCUT2D eigenvalue weighted by Crippen LogP contribution is -2.28. The maximum atomic E-state index is 13.9. The average molecular weight is 411 g/mol. The standard InChI is InChI=1S/C30H34O/c1-3-5-11-22-16-18-25(19-17-22)30(31)28(20-23-12-7-6-8-13-23)29-24(4-2)21-26-14-9-10-15-27(26)29/h6-10,12-19,24,28-29H,3-5,11,20-21H2,1-2H3. The summed E-state index contributed by atoms with van der Waals surface area (Å²) in [6, 6.07) is 27.8. The third-order valence-corrected chi connectivity index (χ3v) is 7.05. The highest BCUT2D eigenvalue weighted by Crippen LogP contribution is 2.46. The average Bonchev–Trinajstić information content (AvgIpc) is 3.20. The summed E-state index contributed by atoms with van der Waals surface area (Å²) in [6.45, 7) is 4.49. The van der Waals surface area contributed by atoms with E-state index >= 15 is 0 Å². The number of hydrogen-bond acceptors (Lipinski definition) is 1. The van der Waals surface area contributed by atoms with Crippen LogP contribution in [-0.2, 0) is 19.3 Å². The predicted molar refractivity (Wildman–Crippen MR) is 130 cm³/mol. The topological polar surface area (TPSA) is 17.1 Å².